The van der Waals surface area contributed by atoms with E-state index in [9.17, 15) is 14.4 Å². The largest absolute Gasteiger partial charge is 0.379 e. The number of ether oxygens (including phenoxy) is 1. The number of hydrogen-bond donors (Lipinski definition) is 1. The highest BCUT2D eigenvalue weighted by Crippen LogP contribution is 2.41. The molecule has 1 radical (unpaired) electrons. The number of Topliss-reactive ketones (excluding diaryl/α,β-unsaturated/α-hetero) is 1. The van der Waals surface area contributed by atoms with Crippen LogP contribution in [0, 0.1) is 0 Å². The number of thiazole rings is 1. The minimum Gasteiger partial charge on any atom is -0.379 e. The Hall–Kier alpha value is -2.98. The van der Waals surface area contributed by atoms with Crippen LogP contribution in [0.5, 0.6) is 0 Å². The van der Waals surface area contributed by atoms with Crippen molar-refractivity contribution < 1.29 is 19.1 Å². The van der Waals surface area contributed by atoms with Crippen LogP contribution in [0.25, 0.3) is 10.8 Å². The molecule has 177 valence electrons. The Labute approximate surface area is 202 Å². The van der Waals surface area contributed by atoms with Crippen molar-refractivity contribution in [3.63, 3.8) is 0 Å². The highest BCUT2D eigenvalue weighted by Gasteiger charge is 2.55. The number of hydrogen-bond acceptors (Lipinski definition) is 8. The monoisotopic (exact) mass is 479 g/mol. The number of morpholine rings is 1. The normalized spacial score (nSPS) is 18.1. The summed E-state index contributed by atoms with van der Waals surface area (Å²) in [6.07, 6.45) is 2.19. The van der Waals surface area contributed by atoms with Crippen LogP contribution in [0.15, 0.2) is 53.4 Å². The van der Waals surface area contributed by atoms with Gasteiger partial charge in [-0.25, -0.2) is 4.98 Å². The number of benzene rings is 2. The summed E-state index contributed by atoms with van der Waals surface area (Å²) in [6.45, 7) is 4.66. The molecule has 9 heteroatoms. The fraction of sp³-hybridized carbons (Fsp3) is 0.360. The van der Waals surface area contributed by atoms with Crippen molar-refractivity contribution in [2.75, 3.05) is 31.2 Å². The summed E-state index contributed by atoms with van der Waals surface area (Å²) in [7, 11) is 0. The van der Waals surface area contributed by atoms with Crippen molar-refractivity contribution in [3.05, 3.63) is 58.9 Å². The Morgan fingerprint density at radius 1 is 1.21 bits per heavy atom. The number of amides is 1. The topological polar surface area (TPSA) is 106 Å². The molecule has 3 atom stereocenters. The second-order valence-electron chi connectivity index (χ2n) is 8.37. The number of aromatic nitrogens is 1. The standard InChI is InChI=1S/C25H27N4O4S/c1-17(26)24(32)29(22-14-34-16-27-22)25(15-30,23(18(2)31)28-10-12-33-13-11-28)21-9-5-7-19-6-3-4-8-20(19)21/h3-9,14,16-17,23H,10-13,26H2,1-2H3/t17-,23?,25-/m0/s1. The Kier molecular flexibility index (Phi) is 7.18. The minimum atomic E-state index is -1.83. The second-order valence-corrected chi connectivity index (χ2v) is 9.08. The first-order valence-electron chi connectivity index (χ1n) is 11.1. The molecule has 1 fully saturated rings. The summed E-state index contributed by atoms with van der Waals surface area (Å²) < 4.78 is 5.51. The van der Waals surface area contributed by atoms with Crippen LogP contribution in [0.1, 0.15) is 19.4 Å². The quantitative estimate of drug-likeness (QED) is 0.528. The zero-order chi connectivity index (χ0) is 24.3. The van der Waals surface area contributed by atoms with Crippen LogP contribution in [0.4, 0.5) is 5.82 Å². The van der Waals surface area contributed by atoms with E-state index in [2.05, 4.69) is 11.3 Å². The lowest BCUT2D eigenvalue weighted by molar-refractivity contribution is -0.127. The predicted molar refractivity (Wildman–Crippen MR) is 131 cm³/mol. The molecule has 2 aromatic carbocycles. The number of ketones is 1. The van der Waals surface area contributed by atoms with Gasteiger partial charge in [-0.15, -0.1) is 11.3 Å². The van der Waals surface area contributed by atoms with Crippen molar-refractivity contribution in [3.8, 4) is 0 Å². The third kappa shape index (κ3) is 4.16. The molecule has 4 rings (SSSR count). The molecule has 0 saturated carbocycles. The van der Waals surface area contributed by atoms with E-state index in [1.54, 1.807) is 23.9 Å². The molecule has 0 aliphatic carbocycles. The summed E-state index contributed by atoms with van der Waals surface area (Å²) in [5, 5.41) is 3.29. The lowest BCUT2D eigenvalue weighted by Gasteiger charge is -2.48. The number of nitrogens with zero attached hydrogens (tertiary/aromatic N) is 3. The SMILES string of the molecule is CC(=O)C(N1CCOCC1)[C@]([C]=O)(c1cccc2ccccc12)N(C(=O)[C@H](C)N)c1cscn1. The van der Waals surface area contributed by atoms with Gasteiger partial charge in [0.1, 0.15) is 17.6 Å². The minimum absolute atomic E-state index is 0.253. The van der Waals surface area contributed by atoms with Crippen LogP contribution >= 0.6 is 11.3 Å². The van der Waals surface area contributed by atoms with E-state index in [4.69, 9.17) is 10.5 Å². The molecule has 8 nitrogen and oxygen atoms in total. The van der Waals surface area contributed by atoms with Gasteiger partial charge in [0.25, 0.3) is 0 Å². The number of rotatable bonds is 8. The molecule has 1 amide bonds. The van der Waals surface area contributed by atoms with Crippen molar-refractivity contribution >= 4 is 45.9 Å². The van der Waals surface area contributed by atoms with Crippen molar-refractivity contribution in [2.45, 2.75) is 31.5 Å². The van der Waals surface area contributed by atoms with E-state index in [1.807, 2.05) is 41.3 Å². The van der Waals surface area contributed by atoms with Crippen molar-refractivity contribution in [1.82, 2.24) is 9.88 Å². The van der Waals surface area contributed by atoms with Gasteiger partial charge in [-0.1, -0.05) is 42.5 Å². The zero-order valence-electron chi connectivity index (χ0n) is 19.1. The number of carbonyl (C=O) groups is 2. The Balaban J connectivity index is 2.10. The maximum absolute atomic E-state index is 13.7. The number of nitrogens with two attached hydrogens (primary N) is 1. The van der Waals surface area contributed by atoms with Gasteiger partial charge in [-0.2, -0.15) is 0 Å². The summed E-state index contributed by atoms with van der Waals surface area (Å²) in [5.41, 5.74) is 6.32. The highest BCUT2D eigenvalue weighted by atomic mass is 32.1. The molecule has 1 aromatic heterocycles. The molecule has 1 saturated heterocycles. The van der Waals surface area contributed by atoms with E-state index in [-0.39, 0.29) is 11.6 Å². The fourth-order valence-corrected chi connectivity index (χ4v) is 5.26. The Morgan fingerprint density at radius 2 is 1.91 bits per heavy atom. The first-order valence-corrected chi connectivity index (χ1v) is 12.0. The van der Waals surface area contributed by atoms with Gasteiger partial charge in [0.2, 0.25) is 12.2 Å². The third-order valence-electron chi connectivity index (χ3n) is 6.16. The van der Waals surface area contributed by atoms with Gasteiger partial charge in [0.15, 0.2) is 5.54 Å². The molecule has 1 aliphatic heterocycles. The first kappa shape index (κ1) is 24.2. The molecular formula is C25H27N4O4S. The van der Waals surface area contributed by atoms with Crippen molar-refractivity contribution in [2.24, 2.45) is 5.73 Å². The van der Waals surface area contributed by atoms with Gasteiger partial charge in [0.05, 0.1) is 24.8 Å². The van der Waals surface area contributed by atoms with E-state index < -0.39 is 23.5 Å². The third-order valence-corrected chi connectivity index (χ3v) is 6.73. The Morgan fingerprint density at radius 3 is 2.53 bits per heavy atom. The maximum Gasteiger partial charge on any atom is 0.246 e. The van der Waals surface area contributed by atoms with Gasteiger partial charge in [-0.3, -0.25) is 24.2 Å². The molecule has 2 heterocycles. The lowest BCUT2D eigenvalue weighted by Crippen LogP contribution is -2.68. The summed E-state index contributed by atoms with van der Waals surface area (Å²) in [5.74, 6) is -0.541. The van der Waals surface area contributed by atoms with Crippen LogP contribution < -0.4 is 10.6 Å². The number of carbonyl (C=O) groups excluding carboxylic acids is 3. The average Bonchev–Trinajstić information content (AvgIpc) is 3.37. The van der Waals surface area contributed by atoms with E-state index in [1.165, 1.54) is 23.2 Å². The highest BCUT2D eigenvalue weighted by molar-refractivity contribution is 7.07. The summed E-state index contributed by atoms with van der Waals surface area (Å²) in [4.78, 5) is 47.9. The molecule has 0 spiro atoms. The van der Waals surface area contributed by atoms with Gasteiger partial charge in [-0.05, 0) is 30.2 Å². The average molecular weight is 480 g/mol. The van der Waals surface area contributed by atoms with Gasteiger partial charge < -0.3 is 10.5 Å². The van der Waals surface area contributed by atoms with Crippen LogP contribution in [-0.2, 0) is 24.7 Å². The van der Waals surface area contributed by atoms with E-state index >= 15 is 0 Å². The molecular weight excluding hydrogens is 452 g/mol. The smallest absolute Gasteiger partial charge is 0.246 e. The van der Waals surface area contributed by atoms with Crippen LogP contribution in [0.2, 0.25) is 0 Å². The molecule has 1 aliphatic rings. The molecule has 34 heavy (non-hydrogen) atoms. The summed E-state index contributed by atoms with van der Waals surface area (Å²) >= 11 is 1.28. The van der Waals surface area contributed by atoms with Crippen LogP contribution in [0.3, 0.4) is 0 Å². The molecule has 1 unspecified atom stereocenters. The Bertz CT molecular complexity index is 1170. The maximum atomic E-state index is 13.7. The van der Waals surface area contributed by atoms with Crippen molar-refractivity contribution in [1.29, 1.82) is 0 Å². The van der Waals surface area contributed by atoms with E-state index in [0.29, 0.717) is 31.9 Å². The predicted octanol–water partition coefficient (Wildman–Crippen LogP) is 2.27. The van der Waals surface area contributed by atoms with Gasteiger partial charge >= 0.3 is 0 Å². The summed E-state index contributed by atoms with van der Waals surface area (Å²) in [6, 6.07) is 11.1. The first-order chi connectivity index (χ1) is 16.4. The second kappa shape index (κ2) is 10.1. The number of fused-ring (bicyclic) bond motifs is 1. The molecule has 3 aromatic rings. The number of anilines is 1. The van der Waals surface area contributed by atoms with E-state index in [0.717, 1.165) is 10.8 Å². The fourth-order valence-electron chi connectivity index (χ4n) is 4.74. The van der Waals surface area contributed by atoms with Gasteiger partial charge in [0, 0.05) is 18.5 Å². The van der Waals surface area contributed by atoms with Crippen LogP contribution in [-0.4, -0.2) is 66.2 Å². The molecule has 2 N–H and O–H groups in total. The zero-order valence-corrected chi connectivity index (χ0v) is 20.0. The lowest BCUT2D eigenvalue weighted by atomic mass is 9.76. The molecule has 0 bridgehead atoms.